The van der Waals surface area contributed by atoms with Gasteiger partial charge in [0.15, 0.2) is 0 Å². The smallest absolute Gasteiger partial charge is 0.253 e. The normalized spacial score (nSPS) is 15.3. The van der Waals surface area contributed by atoms with Crippen molar-refractivity contribution in [1.82, 2.24) is 15.2 Å². The predicted octanol–water partition coefficient (Wildman–Crippen LogP) is 4.60. The van der Waals surface area contributed by atoms with E-state index in [9.17, 15) is 9.59 Å². The van der Waals surface area contributed by atoms with Crippen molar-refractivity contribution in [3.05, 3.63) is 59.1 Å². The van der Waals surface area contributed by atoms with Crippen LogP contribution in [0, 0.1) is 0 Å². The molecule has 3 aromatic rings. The van der Waals surface area contributed by atoms with Crippen molar-refractivity contribution in [3.8, 4) is 0 Å². The molecule has 0 saturated heterocycles. The van der Waals surface area contributed by atoms with Crippen LogP contribution in [0.1, 0.15) is 54.0 Å². The summed E-state index contributed by atoms with van der Waals surface area (Å²) < 4.78 is 1.14. The van der Waals surface area contributed by atoms with Gasteiger partial charge in [-0.25, -0.2) is 4.98 Å². The lowest BCUT2D eigenvalue weighted by Crippen LogP contribution is -2.35. The van der Waals surface area contributed by atoms with E-state index < -0.39 is 0 Å². The zero-order chi connectivity index (χ0) is 21.8. The van der Waals surface area contributed by atoms with Gasteiger partial charge in [-0.05, 0) is 51.1 Å². The highest BCUT2D eigenvalue weighted by molar-refractivity contribution is 7.18. The van der Waals surface area contributed by atoms with Crippen molar-refractivity contribution in [2.45, 2.75) is 44.7 Å². The first-order valence-electron chi connectivity index (χ1n) is 10.8. The summed E-state index contributed by atoms with van der Waals surface area (Å²) in [6.45, 7) is 2.25. The molecule has 2 amide bonds. The molecule has 1 aliphatic rings. The number of likely N-dealkylation sites (N-methyl/N-ethyl adjacent to an activating group) is 1. The van der Waals surface area contributed by atoms with Crippen LogP contribution in [0.15, 0.2) is 48.5 Å². The number of aromatic nitrogens is 1. The van der Waals surface area contributed by atoms with Gasteiger partial charge in [-0.1, -0.05) is 37.1 Å². The Morgan fingerprint density at radius 3 is 2.61 bits per heavy atom. The van der Waals surface area contributed by atoms with E-state index in [4.69, 9.17) is 4.98 Å². The molecule has 0 radical (unpaired) electrons. The minimum absolute atomic E-state index is 0.00376. The molecule has 2 aromatic carbocycles. The molecule has 0 unspecified atom stereocenters. The van der Waals surface area contributed by atoms with Gasteiger partial charge in [0.2, 0.25) is 5.91 Å². The molecule has 0 bridgehead atoms. The predicted molar refractivity (Wildman–Crippen MR) is 125 cm³/mol. The number of fused-ring (bicyclic) bond motifs is 1. The molecule has 1 heterocycles. The van der Waals surface area contributed by atoms with Gasteiger partial charge in [0.25, 0.3) is 5.91 Å². The number of carbonyl (C=O) groups excluding carboxylic acids is 2. The zero-order valence-electron chi connectivity index (χ0n) is 17.9. The lowest BCUT2D eigenvalue weighted by molar-refractivity contribution is -0.117. The van der Waals surface area contributed by atoms with Gasteiger partial charge in [-0.15, -0.1) is 11.3 Å². The third-order valence-electron chi connectivity index (χ3n) is 5.86. The monoisotopic (exact) mass is 436 g/mol. The van der Waals surface area contributed by atoms with E-state index in [-0.39, 0.29) is 30.4 Å². The van der Waals surface area contributed by atoms with Crippen LogP contribution >= 0.6 is 11.3 Å². The van der Waals surface area contributed by atoms with Crippen LogP contribution in [-0.4, -0.2) is 41.3 Å². The summed E-state index contributed by atoms with van der Waals surface area (Å²) in [4.78, 5) is 32.1. The van der Waals surface area contributed by atoms with Crippen molar-refractivity contribution in [2.75, 3.05) is 18.9 Å². The number of amides is 2. The summed E-state index contributed by atoms with van der Waals surface area (Å²) in [6.07, 6.45) is 4.36. The number of nitrogens with zero attached hydrogens (tertiary/aromatic N) is 2. The van der Waals surface area contributed by atoms with Crippen LogP contribution in [0.25, 0.3) is 10.2 Å². The average molecular weight is 437 g/mol. The Bertz CT molecular complexity index is 1040. The number of para-hydroxylation sites is 2. The largest absolute Gasteiger partial charge is 0.349 e. The van der Waals surface area contributed by atoms with Gasteiger partial charge < -0.3 is 10.6 Å². The Kier molecular flexibility index (Phi) is 6.63. The number of rotatable bonds is 7. The first-order chi connectivity index (χ1) is 15.0. The number of hydrogen-bond acceptors (Lipinski definition) is 5. The van der Waals surface area contributed by atoms with Crippen LogP contribution in [0.2, 0.25) is 0 Å². The number of benzene rings is 2. The van der Waals surface area contributed by atoms with Crippen molar-refractivity contribution in [3.63, 3.8) is 0 Å². The molecular formula is C24H28N4O2S. The Balaban J connectivity index is 1.39. The van der Waals surface area contributed by atoms with Gasteiger partial charge in [0, 0.05) is 6.04 Å². The van der Waals surface area contributed by atoms with Crippen LogP contribution in [0.4, 0.5) is 5.69 Å². The standard InChI is InChI=1S/C24H28N4O2S/c1-16(24-27-20-13-7-8-14-21(20)31-24)28(2)15-22(29)26-19-12-6-5-11-18(19)23(30)25-17-9-3-4-10-17/h5-8,11-14,16-17H,3-4,9-10,15H2,1-2H3,(H,25,30)(H,26,29)/t16-/m1/s1. The SMILES string of the molecule is C[C@H](c1nc2ccccc2s1)N(C)CC(=O)Nc1ccccc1C(=O)NC1CCCC1. The number of anilines is 1. The van der Waals surface area contributed by atoms with E-state index in [1.165, 1.54) is 0 Å². The van der Waals surface area contributed by atoms with Crippen LogP contribution in [0.5, 0.6) is 0 Å². The maximum absolute atomic E-state index is 12.7. The van der Waals surface area contributed by atoms with Crippen molar-refractivity contribution in [2.24, 2.45) is 0 Å². The Morgan fingerprint density at radius 1 is 1.13 bits per heavy atom. The summed E-state index contributed by atoms with van der Waals surface area (Å²) in [6, 6.07) is 15.5. The fourth-order valence-electron chi connectivity index (χ4n) is 3.93. The molecule has 1 aromatic heterocycles. The molecule has 7 heteroatoms. The van der Waals surface area contributed by atoms with Crippen LogP contribution in [-0.2, 0) is 4.79 Å². The Hall–Kier alpha value is -2.77. The van der Waals surface area contributed by atoms with E-state index in [2.05, 4.69) is 16.7 Å². The fourth-order valence-corrected chi connectivity index (χ4v) is 5.02. The van der Waals surface area contributed by atoms with Crippen LogP contribution < -0.4 is 10.6 Å². The molecule has 4 rings (SSSR count). The third-order valence-corrected chi connectivity index (χ3v) is 7.06. The van der Waals surface area contributed by atoms with Crippen LogP contribution in [0.3, 0.4) is 0 Å². The van der Waals surface area contributed by atoms with Crippen molar-refractivity contribution < 1.29 is 9.59 Å². The maximum atomic E-state index is 12.7. The summed E-state index contributed by atoms with van der Waals surface area (Å²) in [7, 11) is 1.91. The molecule has 6 nitrogen and oxygen atoms in total. The number of thiazole rings is 1. The third kappa shape index (κ3) is 5.11. The molecule has 2 N–H and O–H groups in total. The summed E-state index contributed by atoms with van der Waals surface area (Å²) in [5.74, 6) is -0.282. The maximum Gasteiger partial charge on any atom is 0.253 e. The lowest BCUT2D eigenvalue weighted by Gasteiger charge is -2.22. The number of carbonyl (C=O) groups is 2. The zero-order valence-corrected chi connectivity index (χ0v) is 18.7. The Labute approximate surface area is 186 Å². The number of nitrogens with one attached hydrogen (secondary N) is 2. The van der Waals surface area contributed by atoms with Gasteiger partial charge in [0.1, 0.15) is 5.01 Å². The van der Waals surface area contributed by atoms with E-state index in [1.807, 2.05) is 49.2 Å². The van der Waals surface area contributed by atoms with Gasteiger partial charge in [0.05, 0.1) is 34.1 Å². The first kappa shape index (κ1) is 21.5. The first-order valence-corrected chi connectivity index (χ1v) is 11.6. The summed E-state index contributed by atoms with van der Waals surface area (Å²) >= 11 is 1.65. The Morgan fingerprint density at radius 2 is 1.84 bits per heavy atom. The molecule has 0 spiro atoms. The molecule has 1 fully saturated rings. The van der Waals surface area contributed by atoms with E-state index in [1.54, 1.807) is 23.5 Å². The minimum atomic E-state index is -0.156. The minimum Gasteiger partial charge on any atom is -0.349 e. The second-order valence-corrected chi connectivity index (χ2v) is 9.22. The lowest BCUT2D eigenvalue weighted by atomic mass is 10.1. The fraction of sp³-hybridized carbons (Fsp3) is 0.375. The second-order valence-electron chi connectivity index (χ2n) is 8.16. The molecule has 1 aliphatic carbocycles. The van der Waals surface area contributed by atoms with Crippen molar-refractivity contribution >= 4 is 39.1 Å². The molecule has 1 saturated carbocycles. The van der Waals surface area contributed by atoms with E-state index in [0.717, 1.165) is 40.9 Å². The second kappa shape index (κ2) is 9.58. The molecule has 1 atom stereocenters. The molecule has 162 valence electrons. The highest BCUT2D eigenvalue weighted by Gasteiger charge is 2.22. The summed E-state index contributed by atoms with van der Waals surface area (Å²) in [5.41, 5.74) is 2.03. The molecule has 31 heavy (non-hydrogen) atoms. The van der Waals surface area contributed by atoms with Gasteiger partial charge in [-0.3, -0.25) is 14.5 Å². The van der Waals surface area contributed by atoms with E-state index in [0.29, 0.717) is 11.3 Å². The number of hydrogen-bond donors (Lipinski definition) is 2. The summed E-state index contributed by atoms with van der Waals surface area (Å²) in [5, 5.41) is 7.00. The van der Waals surface area contributed by atoms with Crippen molar-refractivity contribution in [1.29, 1.82) is 0 Å². The highest BCUT2D eigenvalue weighted by Crippen LogP contribution is 2.28. The van der Waals surface area contributed by atoms with E-state index >= 15 is 0 Å². The highest BCUT2D eigenvalue weighted by atomic mass is 32.1. The van der Waals surface area contributed by atoms with Gasteiger partial charge in [-0.2, -0.15) is 0 Å². The molecule has 0 aliphatic heterocycles. The molecular weight excluding hydrogens is 408 g/mol. The quantitative estimate of drug-likeness (QED) is 0.568. The average Bonchev–Trinajstić information content (AvgIpc) is 3.42. The van der Waals surface area contributed by atoms with Gasteiger partial charge >= 0.3 is 0 Å². The topological polar surface area (TPSA) is 74.3 Å².